The topological polar surface area (TPSA) is 62.7 Å². The van der Waals surface area contributed by atoms with Gasteiger partial charge in [-0.3, -0.25) is 0 Å². The fourth-order valence-corrected chi connectivity index (χ4v) is 2.54. The molecule has 2 N–H and O–H groups in total. The summed E-state index contributed by atoms with van der Waals surface area (Å²) >= 11 is 1.66. The van der Waals surface area contributed by atoms with E-state index in [1.54, 1.807) is 11.3 Å². The van der Waals surface area contributed by atoms with Crippen molar-refractivity contribution in [1.29, 1.82) is 0 Å². The van der Waals surface area contributed by atoms with Crippen molar-refractivity contribution in [2.24, 2.45) is 0 Å². The first-order valence-electron chi connectivity index (χ1n) is 7.35. The number of aromatic nitrogens is 3. The van der Waals surface area contributed by atoms with Gasteiger partial charge in [0, 0.05) is 23.4 Å². The number of hydrogen-bond acceptors (Lipinski definition) is 6. The van der Waals surface area contributed by atoms with Crippen molar-refractivity contribution in [3.8, 4) is 0 Å². The van der Waals surface area contributed by atoms with Crippen molar-refractivity contribution in [2.45, 2.75) is 46.6 Å². The van der Waals surface area contributed by atoms with Crippen LogP contribution in [0.25, 0.3) is 0 Å². The van der Waals surface area contributed by atoms with E-state index in [2.05, 4.69) is 46.4 Å². The molecule has 0 unspecified atom stereocenters. The molecular formula is C15H23N5S. The Morgan fingerprint density at radius 3 is 2.48 bits per heavy atom. The molecule has 0 bridgehead atoms. The first-order valence-corrected chi connectivity index (χ1v) is 8.23. The first-order chi connectivity index (χ1) is 10.1. The summed E-state index contributed by atoms with van der Waals surface area (Å²) in [4.78, 5) is 14.7. The molecule has 0 fully saturated rings. The number of thiazole rings is 1. The molecule has 0 atom stereocenters. The van der Waals surface area contributed by atoms with Gasteiger partial charge in [0.1, 0.15) is 17.5 Å². The summed E-state index contributed by atoms with van der Waals surface area (Å²) in [7, 11) is 0. The van der Waals surface area contributed by atoms with E-state index in [-0.39, 0.29) is 0 Å². The Hall–Kier alpha value is -1.69. The van der Waals surface area contributed by atoms with Crippen LogP contribution in [0.2, 0.25) is 0 Å². The molecule has 0 spiro atoms. The van der Waals surface area contributed by atoms with E-state index in [1.165, 1.54) is 4.88 Å². The van der Waals surface area contributed by atoms with Gasteiger partial charge in [0.05, 0.1) is 17.7 Å². The highest BCUT2D eigenvalue weighted by atomic mass is 32.1. The molecule has 2 rings (SSSR count). The van der Waals surface area contributed by atoms with Crippen molar-refractivity contribution in [1.82, 2.24) is 15.0 Å². The molecule has 6 heteroatoms. The van der Waals surface area contributed by atoms with Gasteiger partial charge in [0.15, 0.2) is 0 Å². The summed E-state index contributed by atoms with van der Waals surface area (Å²) < 4.78 is 0. The summed E-state index contributed by atoms with van der Waals surface area (Å²) in [5.41, 5.74) is 2.95. The lowest BCUT2D eigenvalue weighted by Gasteiger charge is -2.12. The molecule has 2 aromatic rings. The van der Waals surface area contributed by atoms with E-state index in [1.807, 2.05) is 18.5 Å². The lowest BCUT2D eigenvalue weighted by molar-refractivity contribution is 0.774. The molecule has 2 heterocycles. The Morgan fingerprint density at radius 1 is 1.19 bits per heavy atom. The van der Waals surface area contributed by atoms with Crippen LogP contribution in [0.1, 0.15) is 49.5 Å². The number of hydrogen-bond donors (Lipinski definition) is 2. The van der Waals surface area contributed by atoms with Crippen LogP contribution in [-0.4, -0.2) is 21.5 Å². The van der Waals surface area contributed by atoms with Crippen LogP contribution < -0.4 is 10.6 Å². The smallest absolute Gasteiger partial charge is 0.135 e. The van der Waals surface area contributed by atoms with Gasteiger partial charge in [0.2, 0.25) is 0 Å². The second kappa shape index (κ2) is 7.36. The summed E-state index contributed by atoms with van der Waals surface area (Å²) in [6.07, 6.45) is 1.07. The fraction of sp³-hybridized carbons (Fsp3) is 0.533. The summed E-state index contributed by atoms with van der Waals surface area (Å²) in [6.45, 7) is 10.1. The van der Waals surface area contributed by atoms with Gasteiger partial charge in [-0.2, -0.15) is 0 Å². The fourth-order valence-electron chi connectivity index (χ4n) is 1.82. The lowest BCUT2D eigenvalue weighted by Crippen LogP contribution is -2.09. The summed E-state index contributed by atoms with van der Waals surface area (Å²) in [6, 6.07) is 1.97. The molecule has 0 radical (unpaired) electrons. The molecule has 0 saturated heterocycles. The predicted molar refractivity (Wildman–Crippen MR) is 89.1 cm³/mol. The molecule has 2 aromatic heterocycles. The van der Waals surface area contributed by atoms with E-state index < -0.39 is 0 Å². The predicted octanol–water partition coefficient (Wildman–Crippen LogP) is 3.80. The highest BCUT2D eigenvalue weighted by molar-refractivity contribution is 7.09. The largest absolute Gasteiger partial charge is 0.370 e. The Balaban J connectivity index is 2.13. The highest BCUT2D eigenvalue weighted by Gasteiger charge is 2.09. The zero-order chi connectivity index (χ0) is 15.2. The minimum Gasteiger partial charge on any atom is -0.370 e. The van der Waals surface area contributed by atoms with Gasteiger partial charge in [-0.05, 0) is 13.3 Å². The number of rotatable bonds is 7. The van der Waals surface area contributed by atoms with Gasteiger partial charge in [-0.1, -0.05) is 20.8 Å². The maximum atomic E-state index is 4.59. The second-order valence-electron chi connectivity index (χ2n) is 5.29. The average molecular weight is 305 g/mol. The van der Waals surface area contributed by atoms with E-state index in [9.17, 15) is 0 Å². The van der Waals surface area contributed by atoms with E-state index in [0.29, 0.717) is 5.92 Å². The van der Waals surface area contributed by atoms with Crippen molar-refractivity contribution < 1.29 is 0 Å². The SMILES string of the molecule is CCCNc1cc(NCc2scnc2C)nc(C(C)C)n1. The molecule has 0 aliphatic carbocycles. The first kappa shape index (κ1) is 15.7. The third-order valence-corrected chi connectivity index (χ3v) is 4.03. The normalized spacial score (nSPS) is 10.9. The monoisotopic (exact) mass is 305 g/mol. The van der Waals surface area contributed by atoms with Gasteiger partial charge in [-0.25, -0.2) is 15.0 Å². The number of aryl methyl sites for hydroxylation is 1. The molecule has 5 nitrogen and oxygen atoms in total. The zero-order valence-corrected chi connectivity index (χ0v) is 13.9. The summed E-state index contributed by atoms with van der Waals surface area (Å²) in [5.74, 6) is 2.91. The molecule has 0 saturated carbocycles. The molecule has 0 aromatic carbocycles. The van der Waals surface area contributed by atoms with Crippen LogP contribution in [0.15, 0.2) is 11.6 Å². The van der Waals surface area contributed by atoms with E-state index in [0.717, 1.165) is 42.7 Å². The van der Waals surface area contributed by atoms with Crippen LogP contribution in [0.3, 0.4) is 0 Å². The molecular weight excluding hydrogens is 282 g/mol. The van der Waals surface area contributed by atoms with E-state index >= 15 is 0 Å². The van der Waals surface area contributed by atoms with Crippen LogP contribution >= 0.6 is 11.3 Å². The van der Waals surface area contributed by atoms with Crippen molar-refractivity contribution in [3.63, 3.8) is 0 Å². The molecule has 21 heavy (non-hydrogen) atoms. The minimum absolute atomic E-state index is 0.305. The quantitative estimate of drug-likeness (QED) is 0.814. The minimum atomic E-state index is 0.305. The zero-order valence-electron chi connectivity index (χ0n) is 13.1. The van der Waals surface area contributed by atoms with Gasteiger partial charge >= 0.3 is 0 Å². The van der Waals surface area contributed by atoms with Crippen LogP contribution in [0, 0.1) is 6.92 Å². The van der Waals surface area contributed by atoms with E-state index in [4.69, 9.17) is 0 Å². The molecule has 0 aliphatic rings. The Labute approximate surface area is 130 Å². The van der Waals surface area contributed by atoms with Crippen molar-refractivity contribution in [2.75, 3.05) is 17.2 Å². The van der Waals surface area contributed by atoms with Crippen LogP contribution in [0.4, 0.5) is 11.6 Å². The summed E-state index contributed by atoms with van der Waals surface area (Å²) in [5, 5.41) is 6.71. The molecule has 0 amide bonds. The maximum Gasteiger partial charge on any atom is 0.135 e. The Bertz CT molecular complexity index is 579. The third-order valence-electron chi connectivity index (χ3n) is 3.09. The number of nitrogens with zero attached hydrogens (tertiary/aromatic N) is 3. The maximum absolute atomic E-state index is 4.59. The van der Waals surface area contributed by atoms with Crippen LogP contribution in [0.5, 0.6) is 0 Å². The Kier molecular flexibility index (Phi) is 5.50. The standard InChI is InChI=1S/C15H23N5S/c1-5-6-16-13-7-14(20-15(19-13)10(2)3)17-8-12-11(4)18-9-21-12/h7,9-10H,5-6,8H2,1-4H3,(H2,16,17,19,20). The Morgan fingerprint density at radius 2 is 1.90 bits per heavy atom. The third kappa shape index (κ3) is 4.39. The molecule has 114 valence electrons. The average Bonchev–Trinajstić information content (AvgIpc) is 2.88. The number of nitrogens with one attached hydrogen (secondary N) is 2. The van der Waals surface area contributed by atoms with Gasteiger partial charge in [0.25, 0.3) is 0 Å². The van der Waals surface area contributed by atoms with Crippen LogP contribution in [-0.2, 0) is 6.54 Å². The molecule has 0 aliphatic heterocycles. The number of anilines is 2. The van der Waals surface area contributed by atoms with Crippen molar-refractivity contribution >= 4 is 23.0 Å². The van der Waals surface area contributed by atoms with Crippen molar-refractivity contribution in [3.05, 3.63) is 28.0 Å². The second-order valence-corrected chi connectivity index (χ2v) is 6.23. The highest BCUT2D eigenvalue weighted by Crippen LogP contribution is 2.19. The lowest BCUT2D eigenvalue weighted by atomic mass is 10.2. The van der Waals surface area contributed by atoms with Gasteiger partial charge < -0.3 is 10.6 Å². The van der Waals surface area contributed by atoms with Gasteiger partial charge in [-0.15, -0.1) is 11.3 Å².